The van der Waals surface area contributed by atoms with E-state index in [4.69, 9.17) is 0 Å². The van der Waals surface area contributed by atoms with Gasteiger partial charge in [0.2, 0.25) is 0 Å². The van der Waals surface area contributed by atoms with Crippen LogP contribution in [-0.4, -0.2) is 29.1 Å². The molecule has 38 heavy (non-hydrogen) atoms. The molecule has 3 nitrogen and oxygen atoms in total. The third-order valence-corrected chi connectivity index (χ3v) is 8.06. The highest BCUT2D eigenvalue weighted by molar-refractivity contribution is 5.84. The van der Waals surface area contributed by atoms with Crippen LogP contribution in [0.15, 0.2) is 60.7 Å². The van der Waals surface area contributed by atoms with Crippen molar-refractivity contribution in [2.45, 2.75) is 56.2 Å². The summed E-state index contributed by atoms with van der Waals surface area (Å²) < 4.78 is 68.1. The second-order valence-electron chi connectivity index (χ2n) is 10.3. The Labute approximate surface area is 217 Å². The van der Waals surface area contributed by atoms with Crippen LogP contribution in [0.4, 0.5) is 22.0 Å². The maximum atomic E-state index is 14.4. The second kappa shape index (κ2) is 10.1. The van der Waals surface area contributed by atoms with Gasteiger partial charge in [0.15, 0.2) is 11.6 Å². The summed E-state index contributed by atoms with van der Waals surface area (Å²) in [6, 6.07) is 13.4. The highest BCUT2D eigenvalue weighted by Crippen LogP contribution is 2.47. The number of nitrogens with zero attached hydrogens (tertiary/aromatic N) is 1. The van der Waals surface area contributed by atoms with Crippen molar-refractivity contribution < 1.29 is 31.9 Å². The number of piperidine rings is 1. The largest absolute Gasteiger partial charge is 0.481 e. The molecule has 0 bridgehead atoms. The molecule has 0 amide bonds. The molecular weight excluding hydrogens is 501 g/mol. The van der Waals surface area contributed by atoms with E-state index in [1.807, 2.05) is 6.07 Å². The fourth-order valence-electron chi connectivity index (χ4n) is 5.78. The molecule has 1 saturated carbocycles. The van der Waals surface area contributed by atoms with Crippen molar-refractivity contribution in [2.75, 3.05) is 13.1 Å². The number of hydrogen-bond acceptors (Lipinski definition) is 2. The number of likely N-dealkylation sites (tertiary alicyclic amines) is 1. The molecule has 1 aliphatic carbocycles. The number of alkyl halides is 3. The average Bonchev–Trinajstić information content (AvgIpc) is 2.86. The van der Waals surface area contributed by atoms with Gasteiger partial charge >= 0.3 is 12.1 Å². The molecular formula is C30H28F5NO2. The van der Waals surface area contributed by atoms with Crippen molar-refractivity contribution in [1.29, 1.82) is 0 Å². The Morgan fingerprint density at radius 3 is 2.08 bits per heavy atom. The van der Waals surface area contributed by atoms with Gasteiger partial charge in [-0.1, -0.05) is 43.2 Å². The molecule has 0 aromatic heterocycles. The summed E-state index contributed by atoms with van der Waals surface area (Å²) in [5.41, 5.74) is 1.10. The van der Waals surface area contributed by atoms with E-state index < -0.39 is 40.8 Å². The van der Waals surface area contributed by atoms with Gasteiger partial charge < -0.3 is 5.11 Å². The van der Waals surface area contributed by atoms with Gasteiger partial charge in [0.1, 0.15) is 0 Å². The van der Waals surface area contributed by atoms with Crippen molar-refractivity contribution in [3.63, 3.8) is 0 Å². The average molecular weight is 530 g/mol. The van der Waals surface area contributed by atoms with E-state index in [1.165, 1.54) is 24.3 Å². The standard InChI is InChI=1S/C30H28F5NO2/c31-25-12-7-20(17-26(25)32)27(36-15-2-1-3-16-36)23-11-10-22(29(28(37)38)13-4-14-29)18-24(23)19-5-8-21(9-6-19)30(33,34)35/h5-12,17-18,27H,1-4,13-16H2,(H,37,38). The van der Waals surface area contributed by atoms with Gasteiger partial charge in [-0.25, -0.2) is 8.78 Å². The van der Waals surface area contributed by atoms with E-state index in [9.17, 15) is 31.9 Å². The lowest BCUT2D eigenvalue weighted by atomic mass is 9.64. The van der Waals surface area contributed by atoms with Gasteiger partial charge in [-0.05, 0) is 96.9 Å². The van der Waals surface area contributed by atoms with Crippen LogP contribution < -0.4 is 0 Å². The first-order chi connectivity index (χ1) is 18.1. The topological polar surface area (TPSA) is 40.5 Å². The van der Waals surface area contributed by atoms with Crippen LogP contribution in [0.2, 0.25) is 0 Å². The predicted octanol–water partition coefficient (Wildman–Crippen LogP) is 7.73. The molecule has 1 saturated heterocycles. The molecule has 2 aliphatic rings. The number of aliphatic carboxylic acids is 1. The van der Waals surface area contributed by atoms with Crippen molar-refractivity contribution >= 4 is 5.97 Å². The first kappa shape index (κ1) is 26.4. The van der Waals surface area contributed by atoms with Gasteiger partial charge in [0, 0.05) is 0 Å². The second-order valence-corrected chi connectivity index (χ2v) is 10.3. The number of carboxylic acids is 1. The van der Waals surface area contributed by atoms with Crippen LogP contribution in [0.25, 0.3) is 11.1 Å². The molecule has 3 aromatic carbocycles. The van der Waals surface area contributed by atoms with E-state index in [-0.39, 0.29) is 0 Å². The normalized spacial score (nSPS) is 18.6. The number of benzene rings is 3. The van der Waals surface area contributed by atoms with Gasteiger partial charge in [0.25, 0.3) is 0 Å². The minimum absolute atomic E-state index is 0.479. The lowest BCUT2D eigenvalue weighted by Crippen LogP contribution is -2.42. The Bertz CT molecular complexity index is 1330. The highest BCUT2D eigenvalue weighted by atomic mass is 19.4. The SMILES string of the molecule is O=C(O)C1(c2ccc(C(c3ccc(F)c(F)c3)N3CCCCC3)c(-c3ccc(C(F)(F)F)cc3)c2)CCC1. The Kier molecular flexibility index (Phi) is 7.03. The number of carbonyl (C=O) groups is 1. The summed E-state index contributed by atoms with van der Waals surface area (Å²) in [6.07, 6.45) is 0.137. The fourth-order valence-corrected chi connectivity index (χ4v) is 5.78. The third-order valence-electron chi connectivity index (χ3n) is 8.06. The quantitative estimate of drug-likeness (QED) is 0.332. The molecule has 5 rings (SSSR count). The van der Waals surface area contributed by atoms with Crippen molar-refractivity contribution in [3.05, 3.63) is 94.6 Å². The smallest absolute Gasteiger partial charge is 0.416 e. The molecule has 1 unspecified atom stereocenters. The molecule has 1 heterocycles. The zero-order chi connectivity index (χ0) is 27.1. The lowest BCUT2D eigenvalue weighted by molar-refractivity contribution is -0.147. The Morgan fingerprint density at radius 2 is 1.53 bits per heavy atom. The number of carboxylic acid groups (broad SMARTS) is 1. The van der Waals surface area contributed by atoms with Crippen molar-refractivity contribution in [1.82, 2.24) is 4.90 Å². The van der Waals surface area contributed by atoms with E-state index >= 15 is 0 Å². The van der Waals surface area contributed by atoms with E-state index in [0.717, 1.165) is 57.0 Å². The van der Waals surface area contributed by atoms with Crippen LogP contribution in [0.3, 0.4) is 0 Å². The summed E-state index contributed by atoms with van der Waals surface area (Å²) in [5.74, 6) is -2.86. The summed E-state index contributed by atoms with van der Waals surface area (Å²) in [5, 5.41) is 10.0. The molecule has 1 aliphatic heterocycles. The van der Waals surface area contributed by atoms with Crippen LogP contribution in [0.5, 0.6) is 0 Å². The first-order valence-electron chi connectivity index (χ1n) is 12.8. The molecule has 2 fully saturated rings. The summed E-state index contributed by atoms with van der Waals surface area (Å²) in [6.45, 7) is 1.44. The van der Waals surface area contributed by atoms with E-state index in [1.54, 1.807) is 12.1 Å². The fraction of sp³-hybridized carbons (Fsp3) is 0.367. The molecule has 0 radical (unpaired) electrons. The van der Waals surface area contributed by atoms with Gasteiger partial charge in [0.05, 0.1) is 17.0 Å². The van der Waals surface area contributed by atoms with Crippen LogP contribution in [0.1, 0.15) is 66.8 Å². The van der Waals surface area contributed by atoms with Crippen LogP contribution in [-0.2, 0) is 16.4 Å². The molecule has 0 spiro atoms. The third kappa shape index (κ3) is 4.82. The van der Waals surface area contributed by atoms with Crippen molar-refractivity contribution in [2.24, 2.45) is 0 Å². The molecule has 3 aromatic rings. The Morgan fingerprint density at radius 1 is 0.842 bits per heavy atom. The number of rotatable bonds is 6. The molecule has 8 heteroatoms. The number of halogens is 5. The predicted molar refractivity (Wildman–Crippen MR) is 134 cm³/mol. The minimum atomic E-state index is -4.50. The molecule has 200 valence electrons. The maximum absolute atomic E-state index is 14.4. The van der Waals surface area contributed by atoms with Crippen LogP contribution >= 0.6 is 0 Å². The van der Waals surface area contributed by atoms with E-state index in [2.05, 4.69) is 4.90 Å². The number of hydrogen-bond donors (Lipinski definition) is 1. The molecule has 1 atom stereocenters. The van der Waals surface area contributed by atoms with Crippen molar-refractivity contribution in [3.8, 4) is 11.1 Å². The molecule has 1 N–H and O–H groups in total. The minimum Gasteiger partial charge on any atom is -0.481 e. The lowest BCUT2D eigenvalue weighted by Gasteiger charge is -2.40. The Hall–Kier alpha value is -3.26. The summed E-state index contributed by atoms with van der Waals surface area (Å²) in [7, 11) is 0. The monoisotopic (exact) mass is 529 g/mol. The summed E-state index contributed by atoms with van der Waals surface area (Å²) >= 11 is 0. The van der Waals surface area contributed by atoms with Crippen LogP contribution in [0, 0.1) is 11.6 Å². The zero-order valence-electron chi connectivity index (χ0n) is 20.7. The highest BCUT2D eigenvalue weighted by Gasteiger charge is 2.46. The zero-order valence-corrected chi connectivity index (χ0v) is 20.7. The summed E-state index contributed by atoms with van der Waals surface area (Å²) in [4.78, 5) is 14.4. The van der Waals surface area contributed by atoms with Gasteiger partial charge in [-0.15, -0.1) is 0 Å². The maximum Gasteiger partial charge on any atom is 0.416 e. The van der Waals surface area contributed by atoms with Gasteiger partial charge in [-0.2, -0.15) is 13.2 Å². The van der Waals surface area contributed by atoms with E-state index in [0.29, 0.717) is 40.7 Å². The first-order valence-corrected chi connectivity index (χ1v) is 12.8. The van der Waals surface area contributed by atoms with Gasteiger partial charge in [-0.3, -0.25) is 9.69 Å². The Balaban J connectivity index is 1.70.